The Morgan fingerprint density at radius 3 is 2.61 bits per heavy atom. The van der Waals surface area contributed by atoms with Crippen molar-refractivity contribution in [1.29, 1.82) is 0 Å². The summed E-state index contributed by atoms with van der Waals surface area (Å²) in [7, 11) is 1.66. The van der Waals surface area contributed by atoms with E-state index < -0.39 is 11.7 Å². The van der Waals surface area contributed by atoms with Crippen molar-refractivity contribution in [2.24, 2.45) is 0 Å². The highest BCUT2D eigenvalue weighted by Crippen LogP contribution is 2.40. The molecule has 1 saturated heterocycles. The average molecular weight is 313 g/mol. The molecule has 2 aromatic carbocycles. The molecule has 0 saturated carbocycles. The van der Waals surface area contributed by atoms with Gasteiger partial charge in [0.15, 0.2) is 0 Å². The molecule has 0 bridgehead atoms. The van der Waals surface area contributed by atoms with Gasteiger partial charge in [0.1, 0.15) is 11.4 Å². The summed E-state index contributed by atoms with van der Waals surface area (Å²) in [6.07, 6.45) is -0.120. The first-order valence-electron chi connectivity index (χ1n) is 7.96. The van der Waals surface area contributed by atoms with Gasteiger partial charge in [0.2, 0.25) is 0 Å². The number of benzene rings is 2. The van der Waals surface area contributed by atoms with Gasteiger partial charge in [-0.15, -0.1) is 0 Å². The minimum atomic E-state index is -0.597. The van der Waals surface area contributed by atoms with E-state index in [1.54, 1.807) is 7.11 Å². The second-order valence-corrected chi connectivity index (χ2v) is 5.85. The van der Waals surface area contributed by atoms with Crippen LogP contribution in [0.2, 0.25) is 0 Å². The summed E-state index contributed by atoms with van der Waals surface area (Å²) in [5.74, 6) is 0.788. The number of hydrogen-bond donors (Lipinski definition) is 2. The first-order valence-corrected chi connectivity index (χ1v) is 7.96. The van der Waals surface area contributed by atoms with Gasteiger partial charge in [-0.3, -0.25) is 0 Å². The fourth-order valence-electron chi connectivity index (χ4n) is 3.20. The van der Waals surface area contributed by atoms with E-state index in [1.165, 1.54) is 0 Å². The number of aliphatic hydroxyl groups excluding tert-OH is 1. The van der Waals surface area contributed by atoms with E-state index >= 15 is 0 Å². The lowest BCUT2D eigenvalue weighted by Gasteiger charge is -2.40. The highest BCUT2D eigenvalue weighted by Gasteiger charge is 2.39. The molecule has 1 aliphatic rings. The second kappa shape index (κ2) is 7.13. The fraction of sp³-hybridized carbons (Fsp3) is 0.368. The number of morpholine rings is 1. The second-order valence-electron chi connectivity index (χ2n) is 5.85. The first-order chi connectivity index (χ1) is 11.2. The molecule has 2 unspecified atom stereocenters. The third-order valence-electron chi connectivity index (χ3n) is 4.37. The molecular formula is C19H23NO3. The van der Waals surface area contributed by atoms with Crippen molar-refractivity contribution >= 4 is 0 Å². The van der Waals surface area contributed by atoms with Crippen LogP contribution < -0.4 is 10.1 Å². The van der Waals surface area contributed by atoms with Crippen molar-refractivity contribution in [3.8, 4) is 5.75 Å². The molecule has 0 radical (unpaired) electrons. The molecule has 0 amide bonds. The zero-order valence-corrected chi connectivity index (χ0v) is 13.4. The number of aliphatic hydroxyl groups is 1. The Morgan fingerprint density at radius 1 is 1.17 bits per heavy atom. The Kier molecular flexibility index (Phi) is 4.96. The molecular weight excluding hydrogens is 290 g/mol. The van der Waals surface area contributed by atoms with Crippen molar-refractivity contribution in [3.05, 3.63) is 65.7 Å². The summed E-state index contributed by atoms with van der Waals surface area (Å²) < 4.78 is 11.7. The Balaban J connectivity index is 1.94. The molecule has 122 valence electrons. The molecule has 2 aromatic rings. The highest BCUT2D eigenvalue weighted by atomic mass is 16.5. The fourth-order valence-corrected chi connectivity index (χ4v) is 3.20. The van der Waals surface area contributed by atoms with E-state index in [9.17, 15) is 5.11 Å². The normalized spacial score (nSPS) is 22.5. The Labute approximate surface area is 137 Å². The van der Waals surface area contributed by atoms with Gasteiger partial charge in [-0.25, -0.2) is 0 Å². The van der Waals surface area contributed by atoms with Crippen molar-refractivity contribution in [2.45, 2.75) is 18.1 Å². The third-order valence-corrected chi connectivity index (χ3v) is 4.37. The summed E-state index contributed by atoms with van der Waals surface area (Å²) in [5.41, 5.74) is 1.28. The SMILES string of the molecule is COc1ccccc1C1(CC(O)c2ccccc2)CNCCO1. The quantitative estimate of drug-likeness (QED) is 0.891. The van der Waals surface area contributed by atoms with Gasteiger partial charge in [-0.1, -0.05) is 48.5 Å². The number of nitrogens with one attached hydrogen (secondary N) is 1. The summed E-state index contributed by atoms with van der Waals surface area (Å²) in [4.78, 5) is 0. The molecule has 23 heavy (non-hydrogen) atoms. The van der Waals surface area contributed by atoms with Crippen LogP contribution in [0.5, 0.6) is 5.75 Å². The Hall–Kier alpha value is -1.88. The maximum Gasteiger partial charge on any atom is 0.125 e. The number of ether oxygens (including phenoxy) is 2. The van der Waals surface area contributed by atoms with Crippen LogP contribution in [0.25, 0.3) is 0 Å². The molecule has 0 aromatic heterocycles. The number of rotatable bonds is 5. The minimum Gasteiger partial charge on any atom is -0.496 e. The van der Waals surface area contributed by atoms with Crippen LogP contribution in [-0.4, -0.2) is 31.9 Å². The average Bonchev–Trinajstić information content (AvgIpc) is 2.63. The van der Waals surface area contributed by atoms with E-state index in [4.69, 9.17) is 9.47 Å². The van der Waals surface area contributed by atoms with Crippen LogP contribution in [-0.2, 0) is 10.3 Å². The lowest BCUT2D eigenvalue weighted by molar-refractivity contribution is -0.0986. The zero-order chi connectivity index (χ0) is 16.1. The summed E-state index contributed by atoms with van der Waals surface area (Å²) >= 11 is 0. The highest BCUT2D eigenvalue weighted by molar-refractivity contribution is 5.39. The van der Waals surface area contributed by atoms with E-state index in [0.29, 0.717) is 19.6 Å². The topological polar surface area (TPSA) is 50.7 Å². The van der Waals surface area contributed by atoms with Crippen LogP contribution in [0.15, 0.2) is 54.6 Å². The Bertz CT molecular complexity index is 624. The van der Waals surface area contributed by atoms with Crippen LogP contribution in [0.1, 0.15) is 23.7 Å². The van der Waals surface area contributed by atoms with E-state index in [2.05, 4.69) is 5.32 Å². The van der Waals surface area contributed by atoms with Crippen LogP contribution >= 0.6 is 0 Å². The molecule has 0 spiro atoms. The number of hydrogen-bond acceptors (Lipinski definition) is 4. The smallest absolute Gasteiger partial charge is 0.125 e. The van der Waals surface area contributed by atoms with Crippen molar-refractivity contribution in [3.63, 3.8) is 0 Å². The Morgan fingerprint density at radius 2 is 1.91 bits per heavy atom. The largest absolute Gasteiger partial charge is 0.496 e. The number of para-hydroxylation sites is 1. The zero-order valence-electron chi connectivity index (χ0n) is 13.4. The van der Waals surface area contributed by atoms with Gasteiger partial charge in [0.05, 0.1) is 19.8 Å². The maximum atomic E-state index is 10.7. The minimum absolute atomic E-state index is 0.477. The predicted octanol–water partition coefficient (Wildman–Crippen LogP) is 2.63. The summed E-state index contributed by atoms with van der Waals surface area (Å²) in [5, 5.41) is 14.1. The molecule has 4 nitrogen and oxygen atoms in total. The third kappa shape index (κ3) is 3.39. The predicted molar refractivity (Wildman–Crippen MR) is 89.5 cm³/mol. The van der Waals surface area contributed by atoms with Gasteiger partial charge < -0.3 is 19.9 Å². The van der Waals surface area contributed by atoms with E-state index in [-0.39, 0.29) is 0 Å². The molecule has 1 fully saturated rings. The van der Waals surface area contributed by atoms with Crippen molar-refractivity contribution < 1.29 is 14.6 Å². The van der Waals surface area contributed by atoms with Gasteiger partial charge in [-0.2, -0.15) is 0 Å². The van der Waals surface area contributed by atoms with Gasteiger partial charge in [0.25, 0.3) is 0 Å². The van der Waals surface area contributed by atoms with Crippen LogP contribution in [0.3, 0.4) is 0 Å². The number of methoxy groups -OCH3 is 1. The van der Waals surface area contributed by atoms with Crippen molar-refractivity contribution in [2.75, 3.05) is 26.8 Å². The van der Waals surface area contributed by atoms with E-state index in [1.807, 2.05) is 54.6 Å². The van der Waals surface area contributed by atoms with Gasteiger partial charge >= 0.3 is 0 Å². The van der Waals surface area contributed by atoms with Gasteiger partial charge in [0, 0.05) is 25.1 Å². The first kappa shape index (κ1) is 16.0. The lowest BCUT2D eigenvalue weighted by Crippen LogP contribution is -2.48. The maximum absolute atomic E-state index is 10.7. The standard InChI is InChI=1S/C19H23NO3/c1-22-18-10-6-5-9-16(18)19(14-20-11-12-23-19)13-17(21)15-7-3-2-4-8-15/h2-10,17,20-21H,11-14H2,1H3. The molecule has 3 rings (SSSR count). The summed E-state index contributed by atoms with van der Waals surface area (Å²) in [6.45, 7) is 2.08. The molecule has 1 aliphatic heterocycles. The van der Waals surface area contributed by atoms with Crippen LogP contribution in [0.4, 0.5) is 0 Å². The monoisotopic (exact) mass is 313 g/mol. The molecule has 2 N–H and O–H groups in total. The summed E-state index contributed by atoms with van der Waals surface area (Å²) in [6, 6.07) is 17.6. The molecule has 1 heterocycles. The van der Waals surface area contributed by atoms with Gasteiger partial charge in [-0.05, 0) is 11.6 Å². The van der Waals surface area contributed by atoms with Crippen LogP contribution in [0, 0.1) is 0 Å². The van der Waals surface area contributed by atoms with E-state index in [0.717, 1.165) is 23.4 Å². The molecule has 4 heteroatoms. The lowest BCUT2D eigenvalue weighted by atomic mass is 9.84. The van der Waals surface area contributed by atoms with Crippen molar-refractivity contribution in [1.82, 2.24) is 5.32 Å². The molecule has 0 aliphatic carbocycles. The molecule has 2 atom stereocenters.